The molecule has 1 aliphatic heterocycles. The van der Waals surface area contributed by atoms with Gasteiger partial charge in [0.2, 0.25) is 5.91 Å². The van der Waals surface area contributed by atoms with Crippen LogP contribution in [0.15, 0.2) is 24.3 Å². The van der Waals surface area contributed by atoms with Gasteiger partial charge in [0.25, 0.3) is 0 Å². The summed E-state index contributed by atoms with van der Waals surface area (Å²) in [6.07, 6.45) is -1.32. The van der Waals surface area contributed by atoms with Crippen LogP contribution in [0.25, 0.3) is 6.08 Å². The number of alkyl halides is 3. The highest BCUT2D eigenvalue weighted by molar-refractivity contribution is 7.91. The van der Waals surface area contributed by atoms with Crippen molar-refractivity contribution in [2.45, 2.75) is 25.1 Å². The maximum Gasteiger partial charge on any atom is 0.417 e. The fourth-order valence-electron chi connectivity index (χ4n) is 3.00. The van der Waals surface area contributed by atoms with Crippen LogP contribution in [-0.4, -0.2) is 57.0 Å². The van der Waals surface area contributed by atoms with E-state index < -0.39 is 38.5 Å². The lowest BCUT2D eigenvalue weighted by molar-refractivity contribution is -0.137. The molecule has 1 amide bonds. The van der Waals surface area contributed by atoms with Gasteiger partial charge >= 0.3 is 6.18 Å². The first-order valence-electron chi connectivity index (χ1n) is 8.58. The van der Waals surface area contributed by atoms with E-state index in [4.69, 9.17) is 16.3 Å². The smallest absolute Gasteiger partial charge is 0.385 e. The summed E-state index contributed by atoms with van der Waals surface area (Å²) >= 11 is 5.59. The average Bonchev–Trinajstić information content (AvgIpc) is 2.96. The second-order valence-corrected chi connectivity index (χ2v) is 9.14. The lowest BCUT2D eigenvalue weighted by Crippen LogP contribution is -2.41. The lowest BCUT2D eigenvalue weighted by atomic mass is 10.1. The molecule has 1 aliphatic rings. The SMILES string of the molecule is COCCCN(C(=O)/C=C/c1ccc(Cl)c(C(F)(F)F)c1)C1CCS(=O)(=O)C1. The number of methoxy groups -OCH3 is 1. The minimum absolute atomic E-state index is 0.0154. The molecule has 1 heterocycles. The molecule has 0 N–H and O–H groups in total. The van der Waals surface area contributed by atoms with E-state index in [1.807, 2.05) is 0 Å². The third kappa shape index (κ3) is 6.22. The first kappa shape index (κ1) is 22.7. The fourth-order valence-corrected chi connectivity index (χ4v) is 4.96. The molecule has 2 rings (SSSR count). The Kier molecular flexibility index (Phi) is 7.52. The van der Waals surface area contributed by atoms with E-state index in [9.17, 15) is 26.4 Å². The van der Waals surface area contributed by atoms with Crippen LogP contribution in [0.3, 0.4) is 0 Å². The van der Waals surface area contributed by atoms with Crippen LogP contribution in [0.5, 0.6) is 0 Å². The number of carbonyl (C=O) groups excluding carboxylic acids is 1. The molecule has 1 aromatic carbocycles. The molecule has 1 fully saturated rings. The van der Waals surface area contributed by atoms with Gasteiger partial charge in [-0.1, -0.05) is 17.7 Å². The fraction of sp³-hybridized carbons (Fsp3) is 0.500. The Morgan fingerprint density at radius 1 is 1.39 bits per heavy atom. The molecule has 0 spiro atoms. The van der Waals surface area contributed by atoms with E-state index in [2.05, 4.69) is 0 Å². The number of rotatable bonds is 7. The lowest BCUT2D eigenvalue weighted by Gasteiger charge is -2.27. The number of amides is 1. The van der Waals surface area contributed by atoms with Crippen LogP contribution >= 0.6 is 11.6 Å². The highest BCUT2D eigenvalue weighted by Gasteiger charge is 2.34. The molecule has 0 bridgehead atoms. The van der Waals surface area contributed by atoms with E-state index in [0.29, 0.717) is 26.0 Å². The van der Waals surface area contributed by atoms with Gasteiger partial charge < -0.3 is 9.64 Å². The average molecular weight is 440 g/mol. The van der Waals surface area contributed by atoms with Gasteiger partial charge in [-0.05, 0) is 36.6 Å². The van der Waals surface area contributed by atoms with Crippen molar-refractivity contribution in [1.82, 2.24) is 4.90 Å². The summed E-state index contributed by atoms with van der Waals surface area (Å²) in [6.45, 7) is 0.699. The van der Waals surface area contributed by atoms with Crippen molar-refractivity contribution in [2.24, 2.45) is 0 Å². The zero-order valence-electron chi connectivity index (χ0n) is 15.2. The zero-order chi connectivity index (χ0) is 20.9. The van der Waals surface area contributed by atoms with Gasteiger partial charge in [-0.25, -0.2) is 8.42 Å². The zero-order valence-corrected chi connectivity index (χ0v) is 16.8. The van der Waals surface area contributed by atoms with Crippen molar-refractivity contribution in [2.75, 3.05) is 31.8 Å². The predicted octanol–water partition coefficient (Wildman–Crippen LogP) is 3.42. The van der Waals surface area contributed by atoms with Crippen molar-refractivity contribution in [1.29, 1.82) is 0 Å². The molecule has 1 atom stereocenters. The van der Waals surface area contributed by atoms with Gasteiger partial charge in [-0.2, -0.15) is 13.2 Å². The van der Waals surface area contributed by atoms with Crippen LogP contribution in [0.1, 0.15) is 24.0 Å². The number of carbonyl (C=O) groups is 1. The van der Waals surface area contributed by atoms with Crippen LogP contribution in [0, 0.1) is 0 Å². The number of sulfone groups is 1. The van der Waals surface area contributed by atoms with E-state index in [0.717, 1.165) is 18.2 Å². The van der Waals surface area contributed by atoms with Gasteiger partial charge in [0, 0.05) is 32.4 Å². The molecule has 0 saturated carbocycles. The molecule has 0 aliphatic carbocycles. The topological polar surface area (TPSA) is 63.7 Å². The highest BCUT2D eigenvalue weighted by Crippen LogP contribution is 2.35. The summed E-state index contributed by atoms with van der Waals surface area (Å²) < 4.78 is 67.3. The van der Waals surface area contributed by atoms with Crippen molar-refractivity contribution in [3.05, 3.63) is 40.4 Å². The van der Waals surface area contributed by atoms with Crippen LogP contribution in [0.4, 0.5) is 13.2 Å². The van der Waals surface area contributed by atoms with Crippen LogP contribution in [0.2, 0.25) is 5.02 Å². The third-order valence-electron chi connectivity index (χ3n) is 4.39. The van der Waals surface area contributed by atoms with Crippen molar-refractivity contribution in [3.63, 3.8) is 0 Å². The van der Waals surface area contributed by atoms with E-state index in [-0.39, 0.29) is 17.1 Å². The maximum atomic E-state index is 13.0. The number of ether oxygens (including phenoxy) is 1. The Morgan fingerprint density at radius 2 is 2.11 bits per heavy atom. The Hall–Kier alpha value is -1.58. The molecule has 1 saturated heterocycles. The van der Waals surface area contributed by atoms with Gasteiger partial charge in [-0.15, -0.1) is 0 Å². The molecular weight excluding hydrogens is 419 g/mol. The first-order chi connectivity index (χ1) is 13.0. The van der Waals surface area contributed by atoms with Crippen molar-refractivity contribution >= 4 is 33.4 Å². The summed E-state index contributed by atoms with van der Waals surface area (Å²) in [7, 11) is -1.67. The Bertz CT molecular complexity index is 840. The summed E-state index contributed by atoms with van der Waals surface area (Å²) in [6, 6.07) is 2.90. The minimum atomic E-state index is -4.60. The minimum Gasteiger partial charge on any atom is -0.385 e. The van der Waals surface area contributed by atoms with Crippen LogP contribution in [-0.2, 0) is 25.5 Å². The quantitative estimate of drug-likeness (QED) is 0.482. The van der Waals surface area contributed by atoms with Crippen molar-refractivity contribution in [3.8, 4) is 0 Å². The predicted molar refractivity (Wildman–Crippen MR) is 101 cm³/mol. The Labute approximate surface area is 167 Å². The molecular formula is C18H21ClF3NO4S. The molecule has 156 valence electrons. The molecule has 28 heavy (non-hydrogen) atoms. The van der Waals surface area contributed by atoms with Gasteiger partial charge in [0.15, 0.2) is 9.84 Å². The summed E-state index contributed by atoms with van der Waals surface area (Å²) in [5.41, 5.74) is -0.816. The van der Waals surface area contributed by atoms with E-state index >= 15 is 0 Å². The number of hydrogen-bond donors (Lipinski definition) is 0. The monoisotopic (exact) mass is 439 g/mol. The molecule has 1 aromatic rings. The normalized spacial score (nSPS) is 19.2. The number of hydrogen-bond acceptors (Lipinski definition) is 4. The molecule has 0 aromatic heterocycles. The molecule has 10 heteroatoms. The largest absolute Gasteiger partial charge is 0.417 e. The van der Waals surface area contributed by atoms with Gasteiger partial charge in [0.1, 0.15) is 0 Å². The van der Waals surface area contributed by atoms with E-state index in [1.54, 1.807) is 0 Å². The number of benzene rings is 1. The van der Waals surface area contributed by atoms with Crippen molar-refractivity contribution < 1.29 is 31.1 Å². The standard InChI is InChI=1S/C18H21ClF3NO4S/c1-27-9-2-8-23(14-7-10-28(25,26)12-14)17(24)6-4-13-3-5-16(19)15(11-13)18(20,21)22/h3-6,11,14H,2,7-10,12H2,1H3/b6-4+. The van der Waals surface area contributed by atoms with Gasteiger partial charge in [-0.3, -0.25) is 4.79 Å². The maximum absolute atomic E-state index is 13.0. The van der Waals surface area contributed by atoms with Crippen LogP contribution < -0.4 is 0 Å². The Morgan fingerprint density at radius 3 is 2.68 bits per heavy atom. The molecule has 0 radical (unpaired) electrons. The second-order valence-electron chi connectivity index (χ2n) is 6.51. The number of nitrogens with zero attached hydrogens (tertiary/aromatic N) is 1. The summed E-state index contributed by atoms with van der Waals surface area (Å²) in [5.74, 6) is -0.554. The highest BCUT2D eigenvalue weighted by atomic mass is 35.5. The van der Waals surface area contributed by atoms with E-state index in [1.165, 1.54) is 24.2 Å². The third-order valence-corrected chi connectivity index (χ3v) is 6.47. The molecule has 1 unspecified atom stereocenters. The first-order valence-corrected chi connectivity index (χ1v) is 10.8. The summed E-state index contributed by atoms with van der Waals surface area (Å²) in [5, 5.41) is -0.423. The second kappa shape index (κ2) is 9.28. The van der Waals surface area contributed by atoms with Gasteiger partial charge in [0.05, 0.1) is 22.1 Å². The number of halogens is 4. The Balaban J connectivity index is 2.18. The summed E-state index contributed by atoms with van der Waals surface area (Å²) in [4.78, 5) is 14.1. The molecule has 5 nitrogen and oxygen atoms in total.